The second-order valence-electron chi connectivity index (χ2n) is 8.36. The van der Waals surface area contributed by atoms with E-state index < -0.39 is 0 Å². The minimum Gasteiger partial charge on any atom is -0.457 e. The Hall–Kier alpha value is -3.35. The van der Waals surface area contributed by atoms with Crippen LogP contribution < -0.4 is 10.1 Å². The second kappa shape index (κ2) is 9.25. The zero-order valence-electron chi connectivity index (χ0n) is 17.9. The maximum absolute atomic E-state index is 11.6. The molecule has 3 N–H and O–H groups in total. The van der Waals surface area contributed by atoms with Crippen molar-refractivity contribution in [2.24, 2.45) is 0 Å². The number of aliphatic hydroxyl groups is 1. The quantitative estimate of drug-likeness (QED) is 0.310. The van der Waals surface area contributed by atoms with E-state index >= 15 is 0 Å². The molecule has 168 valence electrons. The van der Waals surface area contributed by atoms with Gasteiger partial charge in [-0.15, -0.1) is 0 Å². The maximum atomic E-state index is 11.6. The fraction of sp³-hybridized carbons (Fsp3) is 0.231. The van der Waals surface area contributed by atoms with E-state index in [4.69, 9.17) is 16.3 Å². The van der Waals surface area contributed by atoms with E-state index in [-0.39, 0.29) is 23.2 Å². The summed E-state index contributed by atoms with van der Waals surface area (Å²) in [5, 5.41) is 15.0. The van der Waals surface area contributed by atoms with E-state index in [1.54, 1.807) is 6.20 Å². The zero-order chi connectivity index (χ0) is 22.8. The molecule has 1 saturated carbocycles. The highest BCUT2D eigenvalue weighted by Gasteiger charge is 2.31. The molecule has 0 amide bonds. The average molecular weight is 462 g/mol. The van der Waals surface area contributed by atoms with E-state index in [1.807, 2.05) is 48.5 Å². The Morgan fingerprint density at radius 3 is 2.58 bits per heavy atom. The summed E-state index contributed by atoms with van der Waals surface area (Å²) in [6.07, 6.45) is 4.26. The molecule has 4 aromatic rings. The number of carbonyl (C=O) groups excluding carboxylic acids is 1. The zero-order valence-corrected chi connectivity index (χ0v) is 18.6. The lowest BCUT2D eigenvalue weighted by Crippen LogP contribution is -2.35. The van der Waals surface area contributed by atoms with Crippen LogP contribution in [0.2, 0.25) is 5.15 Å². The molecule has 6 nitrogen and oxygen atoms in total. The number of anilines is 1. The summed E-state index contributed by atoms with van der Waals surface area (Å²) in [5.74, 6) is 1.65. The molecule has 2 heterocycles. The number of nitrogens with zero attached hydrogens (tertiary/aromatic N) is 1. The third-order valence-electron chi connectivity index (χ3n) is 6.25. The number of aromatic nitrogens is 2. The predicted molar refractivity (Wildman–Crippen MR) is 129 cm³/mol. The number of benzene rings is 2. The first kappa shape index (κ1) is 21.5. The minimum atomic E-state index is -0.349. The van der Waals surface area contributed by atoms with Crippen molar-refractivity contribution in [3.63, 3.8) is 0 Å². The van der Waals surface area contributed by atoms with Crippen LogP contribution in [-0.4, -0.2) is 33.5 Å². The summed E-state index contributed by atoms with van der Waals surface area (Å²) < 4.78 is 5.92. The van der Waals surface area contributed by atoms with Crippen molar-refractivity contribution >= 4 is 34.6 Å². The molecule has 0 saturated heterocycles. The largest absolute Gasteiger partial charge is 0.457 e. The molecule has 0 radical (unpaired) electrons. The van der Waals surface area contributed by atoms with Crippen LogP contribution in [0.1, 0.15) is 41.1 Å². The summed E-state index contributed by atoms with van der Waals surface area (Å²) in [6, 6.07) is 19.6. The lowest BCUT2D eigenvalue weighted by molar-refractivity contribution is 0.112. The smallest absolute Gasteiger partial charge is 0.153 e. The molecule has 3 atom stereocenters. The number of fused-ring (bicyclic) bond motifs is 1. The van der Waals surface area contributed by atoms with Gasteiger partial charge in [0.2, 0.25) is 0 Å². The highest BCUT2D eigenvalue weighted by molar-refractivity contribution is 6.34. The molecular formula is C26H24ClN3O3. The van der Waals surface area contributed by atoms with E-state index in [2.05, 4.69) is 27.4 Å². The number of carbonyl (C=O) groups is 1. The van der Waals surface area contributed by atoms with Crippen molar-refractivity contribution in [1.29, 1.82) is 0 Å². The summed E-state index contributed by atoms with van der Waals surface area (Å²) >= 11 is 6.20. The molecule has 1 aliphatic rings. The number of rotatable bonds is 6. The second-order valence-corrected chi connectivity index (χ2v) is 8.74. The number of aromatic amines is 1. The molecule has 0 aliphatic heterocycles. The summed E-state index contributed by atoms with van der Waals surface area (Å²) in [6.45, 7) is 0. The van der Waals surface area contributed by atoms with Gasteiger partial charge in [-0.2, -0.15) is 0 Å². The number of hydrogen-bond donors (Lipinski definition) is 3. The van der Waals surface area contributed by atoms with Gasteiger partial charge in [-0.1, -0.05) is 41.9 Å². The average Bonchev–Trinajstić information content (AvgIpc) is 3.17. The number of H-pyrrole nitrogens is 1. The molecule has 1 aliphatic carbocycles. The van der Waals surface area contributed by atoms with Gasteiger partial charge in [-0.05, 0) is 55.2 Å². The third kappa shape index (κ3) is 4.45. The van der Waals surface area contributed by atoms with Crippen molar-refractivity contribution in [1.82, 2.24) is 9.97 Å². The van der Waals surface area contributed by atoms with E-state index in [9.17, 15) is 9.90 Å². The maximum Gasteiger partial charge on any atom is 0.153 e. The Balaban J connectivity index is 1.41. The standard InChI is InChI=1S/C26H24ClN3O3/c27-25-21(15-31)24-23(12-13-28-26(24)30-25)29-22-11-8-17(32)14-20(22)16-6-9-19(10-7-16)33-18-4-2-1-3-5-18/h1-7,9-10,12-13,15,17,20,22,32H,8,11,14H2,(H2,28,29,30)/t17-,20?,22-/m0/s1. The molecule has 0 bridgehead atoms. The van der Waals surface area contributed by atoms with E-state index in [0.717, 1.165) is 35.5 Å². The Morgan fingerprint density at radius 1 is 1.06 bits per heavy atom. The minimum absolute atomic E-state index is 0.0769. The Bertz CT molecular complexity index is 1260. The van der Waals surface area contributed by atoms with Crippen molar-refractivity contribution in [2.75, 3.05) is 5.32 Å². The monoisotopic (exact) mass is 461 g/mol. The predicted octanol–water partition coefficient (Wildman–Crippen LogP) is 5.93. The van der Waals surface area contributed by atoms with E-state index in [0.29, 0.717) is 29.4 Å². The van der Waals surface area contributed by atoms with Crippen LogP contribution in [0.4, 0.5) is 5.69 Å². The number of aldehydes is 1. The van der Waals surface area contributed by atoms with Crippen molar-refractivity contribution in [3.8, 4) is 11.5 Å². The number of nitrogens with one attached hydrogen (secondary N) is 2. The number of hydrogen-bond acceptors (Lipinski definition) is 5. The van der Waals surface area contributed by atoms with Gasteiger partial charge in [-0.3, -0.25) is 4.79 Å². The molecule has 7 heteroatoms. The molecule has 1 fully saturated rings. The molecular weight excluding hydrogens is 438 g/mol. The van der Waals surface area contributed by atoms with Crippen molar-refractivity contribution in [3.05, 3.63) is 83.1 Å². The fourth-order valence-corrected chi connectivity index (χ4v) is 4.87. The normalized spacial score (nSPS) is 20.5. The van der Waals surface area contributed by atoms with Crippen LogP contribution in [-0.2, 0) is 0 Å². The Labute approximate surface area is 196 Å². The number of halogens is 1. The van der Waals surface area contributed by atoms with Gasteiger partial charge in [-0.25, -0.2) is 4.98 Å². The molecule has 5 rings (SSSR count). The van der Waals surface area contributed by atoms with Crippen LogP contribution in [0.25, 0.3) is 11.0 Å². The van der Waals surface area contributed by atoms with Crippen LogP contribution in [0.3, 0.4) is 0 Å². The topological polar surface area (TPSA) is 87.2 Å². The summed E-state index contributed by atoms with van der Waals surface area (Å²) in [4.78, 5) is 18.9. The van der Waals surface area contributed by atoms with Gasteiger partial charge in [0.1, 0.15) is 22.3 Å². The Kier molecular flexibility index (Phi) is 6.03. The first-order valence-corrected chi connectivity index (χ1v) is 11.4. The highest BCUT2D eigenvalue weighted by atomic mass is 35.5. The lowest BCUT2D eigenvalue weighted by atomic mass is 9.78. The van der Waals surface area contributed by atoms with E-state index in [1.165, 1.54) is 0 Å². The van der Waals surface area contributed by atoms with Gasteiger partial charge < -0.3 is 20.1 Å². The molecule has 0 spiro atoms. The molecule has 1 unspecified atom stereocenters. The van der Waals surface area contributed by atoms with Gasteiger partial charge in [0, 0.05) is 23.8 Å². The summed E-state index contributed by atoms with van der Waals surface area (Å²) in [7, 11) is 0. The molecule has 2 aromatic carbocycles. The SMILES string of the molecule is O=Cc1c(Cl)[nH]c2nccc(N[C@H]3CC[C@H](O)CC3c3ccc(Oc4ccccc4)cc3)c12. The fourth-order valence-electron chi connectivity index (χ4n) is 4.64. The highest BCUT2D eigenvalue weighted by Crippen LogP contribution is 2.38. The lowest BCUT2D eigenvalue weighted by Gasteiger charge is -2.36. The van der Waals surface area contributed by atoms with Gasteiger partial charge in [0.15, 0.2) is 6.29 Å². The molecule has 2 aromatic heterocycles. The number of pyridine rings is 1. The first-order valence-electron chi connectivity index (χ1n) is 11.0. The van der Waals surface area contributed by atoms with Crippen LogP contribution in [0.5, 0.6) is 11.5 Å². The van der Waals surface area contributed by atoms with Crippen LogP contribution >= 0.6 is 11.6 Å². The number of ether oxygens (including phenoxy) is 1. The number of aliphatic hydroxyl groups excluding tert-OH is 1. The van der Waals surface area contributed by atoms with Gasteiger partial charge >= 0.3 is 0 Å². The van der Waals surface area contributed by atoms with Crippen LogP contribution in [0.15, 0.2) is 66.9 Å². The van der Waals surface area contributed by atoms with Gasteiger partial charge in [0.05, 0.1) is 17.1 Å². The van der Waals surface area contributed by atoms with Crippen LogP contribution in [0, 0.1) is 0 Å². The number of para-hydroxylation sites is 1. The van der Waals surface area contributed by atoms with Crippen molar-refractivity contribution < 1.29 is 14.6 Å². The Morgan fingerprint density at radius 2 is 1.82 bits per heavy atom. The third-order valence-corrected chi connectivity index (χ3v) is 6.55. The van der Waals surface area contributed by atoms with Gasteiger partial charge in [0.25, 0.3) is 0 Å². The summed E-state index contributed by atoms with van der Waals surface area (Å²) in [5.41, 5.74) is 2.90. The molecule has 33 heavy (non-hydrogen) atoms. The first-order chi connectivity index (χ1) is 16.1. The van der Waals surface area contributed by atoms with Crippen molar-refractivity contribution in [2.45, 2.75) is 37.3 Å².